The predicted molar refractivity (Wildman–Crippen MR) is 227 cm³/mol. The van der Waals surface area contributed by atoms with Crippen molar-refractivity contribution >= 4 is 29.4 Å². The number of ether oxygens (including phenoxy) is 1. The molecular formula is C47H69N3O4. The van der Waals surface area contributed by atoms with Crippen LogP contribution in [0.3, 0.4) is 0 Å². The summed E-state index contributed by atoms with van der Waals surface area (Å²) in [5, 5.41) is 6.51. The van der Waals surface area contributed by atoms with Crippen molar-refractivity contribution in [3.63, 3.8) is 0 Å². The van der Waals surface area contributed by atoms with Gasteiger partial charge in [-0.15, -0.1) is 0 Å². The van der Waals surface area contributed by atoms with Crippen LogP contribution in [0.2, 0.25) is 0 Å². The van der Waals surface area contributed by atoms with Gasteiger partial charge in [0.05, 0.1) is 6.54 Å². The Morgan fingerprint density at radius 2 is 1.41 bits per heavy atom. The van der Waals surface area contributed by atoms with Crippen LogP contribution in [0.1, 0.15) is 111 Å². The lowest BCUT2D eigenvalue weighted by atomic mass is 9.72. The third-order valence-corrected chi connectivity index (χ3v) is 10.5. The molecule has 0 saturated heterocycles. The maximum absolute atomic E-state index is 12.6. The zero-order valence-corrected chi connectivity index (χ0v) is 34.1. The molecule has 4 N–H and O–H groups in total. The Kier molecular flexibility index (Phi) is 22.4. The average molecular weight is 740 g/mol. The molecule has 0 heterocycles. The predicted octanol–water partition coefficient (Wildman–Crippen LogP) is 10.7. The molecule has 54 heavy (non-hydrogen) atoms. The van der Waals surface area contributed by atoms with Crippen molar-refractivity contribution in [2.75, 3.05) is 25.0 Å². The number of hydrogen-bond donors (Lipinski definition) is 3. The Morgan fingerprint density at radius 1 is 0.796 bits per heavy atom. The summed E-state index contributed by atoms with van der Waals surface area (Å²) in [4.78, 5) is 33.5. The van der Waals surface area contributed by atoms with Crippen molar-refractivity contribution in [1.82, 2.24) is 5.32 Å². The molecule has 0 bridgehead atoms. The van der Waals surface area contributed by atoms with E-state index in [0.29, 0.717) is 18.2 Å². The van der Waals surface area contributed by atoms with Crippen LogP contribution < -0.4 is 21.1 Å². The van der Waals surface area contributed by atoms with Gasteiger partial charge in [0.1, 0.15) is 12.4 Å². The van der Waals surface area contributed by atoms with Crippen LogP contribution in [0.5, 0.6) is 5.75 Å². The van der Waals surface area contributed by atoms with Gasteiger partial charge in [-0.3, -0.25) is 14.4 Å². The third-order valence-electron chi connectivity index (χ3n) is 10.5. The summed E-state index contributed by atoms with van der Waals surface area (Å²) in [5.41, 5.74) is 9.55. The van der Waals surface area contributed by atoms with Gasteiger partial charge in [0.25, 0.3) is 0 Å². The molecular weight excluding hydrogens is 671 g/mol. The highest BCUT2D eigenvalue weighted by Crippen LogP contribution is 2.36. The minimum Gasteiger partial charge on any atom is -0.486 e. The van der Waals surface area contributed by atoms with E-state index < -0.39 is 0 Å². The first-order valence-electron chi connectivity index (χ1n) is 20.4. The van der Waals surface area contributed by atoms with Crippen LogP contribution in [0, 0.1) is 29.6 Å². The molecule has 7 heteroatoms. The smallest absolute Gasteiger partial charge is 0.204 e. The fraction of sp³-hybridized carbons (Fsp3) is 0.511. The van der Waals surface area contributed by atoms with Crippen LogP contribution in [0.4, 0.5) is 5.69 Å². The summed E-state index contributed by atoms with van der Waals surface area (Å²) in [6.45, 7) is 18.6. The van der Waals surface area contributed by atoms with E-state index in [9.17, 15) is 9.59 Å². The molecule has 0 aromatic heterocycles. The molecule has 3 aromatic carbocycles. The fourth-order valence-electron chi connectivity index (χ4n) is 7.17. The SMILES string of the molecule is C=C(NCC)c1ccc(OCC(=O)C2CCCC(C)CC2)cc1.CCC.CCC1CC(C(=O)CNc2ccc(-c3ccccc3)cc2)CCC1C.NC=O. The lowest BCUT2D eigenvalue weighted by Gasteiger charge is -2.33. The van der Waals surface area contributed by atoms with Gasteiger partial charge in [-0.2, -0.15) is 0 Å². The number of carbonyl (C=O) groups is 3. The monoisotopic (exact) mass is 740 g/mol. The Hall–Kier alpha value is -4.39. The number of hydrogen-bond acceptors (Lipinski definition) is 6. The van der Waals surface area contributed by atoms with E-state index in [1.54, 1.807) is 0 Å². The second-order valence-corrected chi connectivity index (χ2v) is 14.9. The maximum atomic E-state index is 12.6. The standard InChI is InChI=1S/C23H29NO.C20H29NO2.C3H8.CH3NO/c1-3-18-15-21(10-9-17(18)2)23(25)16-24-22-13-11-20(12-14-22)19-7-5-4-6-8-19;1-4-21-16(3)17-10-12-19(13-11-17)23-14-20(22)18-7-5-6-15(2)8-9-18;1-3-2;2-1-3/h4-8,11-14,17-18,21,24H,3,9-10,15-16H2,1-2H3;10-13,15,18,21H,3-9,14H2,1-2H3;3H2,1-2H3;1H,(H2,2,3). The molecule has 2 saturated carbocycles. The largest absolute Gasteiger partial charge is 0.486 e. The Labute approximate surface area is 326 Å². The van der Waals surface area contributed by atoms with Gasteiger partial charge < -0.3 is 21.1 Å². The number of nitrogens with one attached hydrogen (secondary N) is 2. The van der Waals surface area contributed by atoms with Crippen LogP contribution in [-0.4, -0.2) is 37.7 Å². The number of carbonyl (C=O) groups excluding carboxylic acids is 3. The molecule has 5 rings (SSSR count). The molecule has 0 radical (unpaired) electrons. The van der Waals surface area contributed by atoms with Gasteiger partial charge >= 0.3 is 0 Å². The van der Waals surface area contributed by atoms with Gasteiger partial charge in [-0.1, -0.05) is 116 Å². The van der Waals surface area contributed by atoms with E-state index in [2.05, 4.69) is 106 Å². The van der Waals surface area contributed by atoms with Crippen LogP contribution in [0.25, 0.3) is 16.8 Å². The fourth-order valence-corrected chi connectivity index (χ4v) is 7.17. The Morgan fingerprint density at radius 3 is 2.02 bits per heavy atom. The lowest BCUT2D eigenvalue weighted by molar-refractivity contribution is -0.125. The van der Waals surface area contributed by atoms with Gasteiger partial charge in [-0.25, -0.2) is 0 Å². The third kappa shape index (κ3) is 16.7. The van der Waals surface area contributed by atoms with Crippen molar-refractivity contribution in [2.24, 2.45) is 35.3 Å². The molecule has 296 valence electrons. The van der Waals surface area contributed by atoms with E-state index >= 15 is 0 Å². The van der Waals surface area contributed by atoms with Crippen LogP contribution >= 0.6 is 0 Å². The molecule has 0 aliphatic heterocycles. The number of ketones is 2. The van der Waals surface area contributed by atoms with E-state index in [1.165, 1.54) is 43.2 Å². The zero-order valence-electron chi connectivity index (χ0n) is 34.1. The molecule has 2 aliphatic rings. The summed E-state index contributed by atoms with van der Waals surface area (Å²) < 4.78 is 5.68. The van der Waals surface area contributed by atoms with Crippen molar-refractivity contribution in [1.29, 1.82) is 0 Å². The minimum atomic E-state index is 0.187. The van der Waals surface area contributed by atoms with Gasteiger partial charge in [0.2, 0.25) is 6.41 Å². The first-order valence-corrected chi connectivity index (χ1v) is 20.4. The van der Waals surface area contributed by atoms with Crippen LogP contribution in [-0.2, 0) is 14.4 Å². The number of amides is 1. The number of benzene rings is 3. The molecule has 5 atom stereocenters. The summed E-state index contributed by atoms with van der Waals surface area (Å²) in [6, 6.07) is 26.4. The molecule has 0 spiro atoms. The average Bonchev–Trinajstić information content (AvgIpc) is 3.42. The van der Waals surface area contributed by atoms with Gasteiger partial charge in [0.15, 0.2) is 11.6 Å². The molecule has 3 aromatic rings. The first kappa shape index (κ1) is 45.8. The van der Waals surface area contributed by atoms with E-state index in [1.807, 2.05) is 37.3 Å². The lowest BCUT2D eigenvalue weighted by Crippen LogP contribution is -2.31. The van der Waals surface area contributed by atoms with E-state index in [4.69, 9.17) is 9.53 Å². The van der Waals surface area contributed by atoms with Gasteiger partial charge in [-0.05, 0) is 110 Å². The van der Waals surface area contributed by atoms with Crippen LogP contribution in [0.15, 0.2) is 85.4 Å². The minimum absolute atomic E-state index is 0.187. The molecule has 2 aliphatic carbocycles. The highest BCUT2D eigenvalue weighted by atomic mass is 16.5. The quantitative estimate of drug-likeness (QED) is 0.119. The normalized spacial score (nSPS) is 20.4. The molecule has 5 unspecified atom stereocenters. The zero-order chi connectivity index (χ0) is 39.7. The van der Waals surface area contributed by atoms with Crippen molar-refractivity contribution in [3.8, 4) is 16.9 Å². The Bertz CT molecular complexity index is 1490. The number of primary amides is 1. The summed E-state index contributed by atoms with van der Waals surface area (Å²) in [5.74, 6) is 4.04. The topological polar surface area (TPSA) is 111 Å². The first-order chi connectivity index (χ1) is 26.1. The second kappa shape index (κ2) is 26.4. The molecule has 7 nitrogen and oxygen atoms in total. The summed E-state index contributed by atoms with van der Waals surface area (Å²) in [7, 11) is 0. The van der Waals surface area contributed by atoms with Crippen molar-refractivity contribution in [2.45, 2.75) is 106 Å². The number of anilines is 1. The Balaban J connectivity index is 0.000000327. The summed E-state index contributed by atoms with van der Waals surface area (Å²) in [6.07, 6.45) is 11.6. The van der Waals surface area contributed by atoms with E-state index in [0.717, 1.165) is 73.2 Å². The second-order valence-electron chi connectivity index (χ2n) is 14.9. The molecule has 1 amide bonds. The molecule has 2 fully saturated rings. The number of Topliss-reactive ketones (excluding diaryl/α,β-unsaturated/α-hetero) is 2. The van der Waals surface area contributed by atoms with Crippen molar-refractivity contribution in [3.05, 3.63) is 91.0 Å². The highest BCUT2D eigenvalue weighted by Gasteiger charge is 2.30. The van der Waals surface area contributed by atoms with E-state index in [-0.39, 0.29) is 30.6 Å². The number of rotatable bonds is 13. The highest BCUT2D eigenvalue weighted by molar-refractivity contribution is 5.85. The van der Waals surface area contributed by atoms with Crippen molar-refractivity contribution < 1.29 is 19.1 Å². The number of nitrogens with two attached hydrogens (primary N) is 1. The summed E-state index contributed by atoms with van der Waals surface area (Å²) >= 11 is 0. The maximum Gasteiger partial charge on any atom is 0.204 e. The van der Waals surface area contributed by atoms with Gasteiger partial charge in [0, 0.05) is 29.8 Å².